The average Bonchev–Trinajstić information content (AvgIpc) is 2.36. The van der Waals surface area contributed by atoms with Crippen LogP contribution >= 0.6 is 21.6 Å². The number of anilines is 2. The van der Waals surface area contributed by atoms with Crippen LogP contribution in [0.15, 0.2) is 46.2 Å². The largest absolute Gasteiger partial charge is 0.398 e. The summed E-state index contributed by atoms with van der Waals surface area (Å²) in [6.07, 6.45) is 0. The van der Waals surface area contributed by atoms with Gasteiger partial charge in [0.25, 0.3) is 0 Å². The number of benzene rings is 2. The number of hydrogen-bond donors (Lipinski definition) is 2. The number of rotatable bonds is 3. The molecule has 94 valence electrons. The minimum atomic E-state index is 0.848. The number of nitrogens with two attached hydrogens (primary N) is 2. The first-order valence-electron chi connectivity index (χ1n) is 5.64. The predicted octanol–water partition coefficient (Wildman–Crippen LogP) is 4.27. The second kappa shape index (κ2) is 5.59. The van der Waals surface area contributed by atoms with Gasteiger partial charge < -0.3 is 11.5 Å². The first-order chi connectivity index (χ1) is 8.59. The third-order valence-corrected chi connectivity index (χ3v) is 5.27. The van der Waals surface area contributed by atoms with Crippen molar-refractivity contribution in [2.75, 3.05) is 11.5 Å². The van der Waals surface area contributed by atoms with Crippen molar-refractivity contribution in [1.82, 2.24) is 0 Å². The Balaban J connectivity index is 2.17. The number of hydrogen-bond acceptors (Lipinski definition) is 4. The second-order valence-electron chi connectivity index (χ2n) is 4.14. The molecule has 0 fully saturated rings. The molecule has 0 radical (unpaired) electrons. The van der Waals surface area contributed by atoms with E-state index < -0.39 is 0 Å². The lowest BCUT2D eigenvalue weighted by atomic mass is 10.2. The van der Waals surface area contributed by atoms with E-state index in [-0.39, 0.29) is 0 Å². The molecule has 4 heteroatoms. The second-order valence-corrected chi connectivity index (χ2v) is 6.35. The fourth-order valence-electron chi connectivity index (χ4n) is 1.54. The first kappa shape index (κ1) is 13.2. The summed E-state index contributed by atoms with van der Waals surface area (Å²) in [6.45, 7) is 4.04. The van der Waals surface area contributed by atoms with Gasteiger partial charge in [0, 0.05) is 21.2 Å². The van der Waals surface area contributed by atoms with E-state index in [1.807, 2.05) is 50.2 Å². The summed E-state index contributed by atoms with van der Waals surface area (Å²) in [7, 11) is 3.30. The molecule has 0 aliphatic carbocycles. The fraction of sp³-hybridized carbons (Fsp3) is 0.143. The van der Waals surface area contributed by atoms with Crippen molar-refractivity contribution in [2.24, 2.45) is 0 Å². The highest BCUT2D eigenvalue weighted by atomic mass is 33.1. The van der Waals surface area contributed by atoms with Gasteiger partial charge in [-0.25, -0.2) is 0 Å². The molecule has 0 bridgehead atoms. The minimum absolute atomic E-state index is 0.848. The van der Waals surface area contributed by atoms with Gasteiger partial charge in [-0.1, -0.05) is 45.9 Å². The molecule has 0 amide bonds. The Morgan fingerprint density at radius 2 is 1.11 bits per heavy atom. The average molecular weight is 276 g/mol. The Morgan fingerprint density at radius 1 is 0.722 bits per heavy atom. The zero-order chi connectivity index (χ0) is 13.1. The van der Waals surface area contributed by atoms with Crippen molar-refractivity contribution in [3.63, 3.8) is 0 Å². The van der Waals surface area contributed by atoms with E-state index in [1.54, 1.807) is 21.6 Å². The first-order valence-corrected chi connectivity index (χ1v) is 7.79. The number of aryl methyl sites for hydroxylation is 2. The lowest BCUT2D eigenvalue weighted by Crippen LogP contribution is -1.92. The Morgan fingerprint density at radius 3 is 1.50 bits per heavy atom. The van der Waals surface area contributed by atoms with Crippen LogP contribution in [0.3, 0.4) is 0 Å². The topological polar surface area (TPSA) is 52.0 Å². The molecule has 0 unspecified atom stereocenters. The molecular formula is C14H16N2S2. The van der Waals surface area contributed by atoms with Crippen LogP contribution in [-0.4, -0.2) is 0 Å². The molecule has 2 aromatic carbocycles. The molecule has 2 aromatic rings. The summed E-state index contributed by atoms with van der Waals surface area (Å²) in [6, 6.07) is 12.1. The quantitative estimate of drug-likeness (QED) is 0.649. The summed E-state index contributed by atoms with van der Waals surface area (Å²) in [5, 5.41) is 0. The summed E-state index contributed by atoms with van der Waals surface area (Å²) in [4.78, 5) is 2.17. The van der Waals surface area contributed by atoms with Crippen LogP contribution in [0, 0.1) is 13.8 Å². The zero-order valence-corrected chi connectivity index (χ0v) is 12.1. The molecule has 2 nitrogen and oxygen atoms in total. The van der Waals surface area contributed by atoms with Crippen LogP contribution < -0.4 is 11.5 Å². The molecule has 4 N–H and O–H groups in total. The van der Waals surface area contributed by atoms with Crippen molar-refractivity contribution < 1.29 is 0 Å². The Hall–Kier alpha value is -1.26. The third kappa shape index (κ3) is 2.76. The number of para-hydroxylation sites is 2. The molecule has 0 aliphatic rings. The van der Waals surface area contributed by atoms with Gasteiger partial charge in [0.2, 0.25) is 0 Å². The molecule has 18 heavy (non-hydrogen) atoms. The van der Waals surface area contributed by atoms with Crippen LogP contribution in [0.5, 0.6) is 0 Å². The van der Waals surface area contributed by atoms with Gasteiger partial charge in [-0.05, 0) is 37.1 Å². The third-order valence-electron chi connectivity index (χ3n) is 2.79. The van der Waals surface area contributed by atoms with Gasteiger partial charge in [-0.15, -0.1) is 0 Å². The lowest BCUT2D eigenvalue weighted by Gasteiger charge is -2.09. The molecule has 0 aliphatic heterocycles. The summed E-state index contributed by atoms with van der Waals surface area (Å²) >= 11 is 0. The fourth-order valence-corrected chi connectivity index (χ4v) is 3.90. The molecule has 0 aromatic heterocycles. The van der Waals surface area contributed by atoms with Crippen LogP contribution in [0.25, 0.3) is 0 Å². The van der Waals surface area contributed by atoms with Crippen LogP contribution in [0.1, 0.15) is 11.1 Å². The molecule has 0 saturated heterocycles. The monoisotopic (exact) mass is 276 g/mol. The smallest absolute Gasteiger partial charge is 0.0490 e. The molecule has 2 rings (SSSR count). The summed E-state index contributed by atoms with van der Waals surface area (Å²) in [5.41, 5.74) is 16.0. The number of nitrogen functional groups attached to an aromatic ring is 2. The molecular weight excluding hydrogens is 260 g/mol. The van der Waals surface area contributed by atoms with E-state index in [0.29, 0.717) is 0 Å². The van der Waals surface area contributed by atoms with E-state index in [9.17, 15) is 0 Å². The van der Waals surface area contributed by atoms with Crippen molar-refractivity contribution in [3.05, 3.63) is 47.5 Å². The van der Waals surface area contributed by atoms with Gasteiger partial charge in [0.05, 0.1) is 0 Å². The Kier molecular flexibility index (Phi) is 4.09. The standard InChI is InChI=1S/C14H16N2S2/c1-9-5-3-7-11(13(9)15)17-18-12-8-4-6-10(2)14(12)16/h3-8H,15-16H2,1-2H3. The highest BCUT2D eigenvalue weighted by molar-refractivity contribution is 8.76. The van der Waals surface area contributed by atoms with Crippen LogP contribution in [0.4, 0.5) is 11.4 Å². The molecule has 0 spiro atoms. The summed E-state index contributed by atoms with van der Waals surface area (Å²) in [5.74, 6) is 0. The van der Waals surface area contributed by atoms with Crippen LogP contribution in [0.2, 0.25) is 0 Å². The normalized spacial score (nSPS) is 10.6. The molecule has 0 atom stereocenters. The van der Waals surface area contributed by atoms with Crippen molar-refractivity contribution in [2.45, 2.75) is 23.6 Å². The van der Waals surface area contributed by atoms with E-state index in [1.165, 1.54) is 0 Å². The maximum atomic E-state index is 6.05. The Labute approximate surface area is 116 Å². The van der Waals surface area contributed by atoms with E-state index >= 15 is 0 Å². The van der Waals surface area contributed by atoms with E-state index in [4.69, 9.17) is 11.5 Å². The summed E-state index contributed by atoms with van der Waals surface area (Å²) < 4.78 is 0. The molecule has 0 heterocycles. The SMILES string of the molecule is Cc1cccc(SSc2cccc(C)c2N)c1N. The maximum absolute atomic E-state index is 6.05. The maximum Gasteiger partial charge on any atom is 0.0490 e. The van der Waals surface area contributed by atoms with Gasteiger partial charge >= 0.3 is 0 Å². The van der Waals surface area contributed by atoms with Gasteiger partial charge in [0.15, 0.2) is 0 Å². The van der Waals surface area contributed by atoms with Crippen LogP contribution in [-0.2, 0) is 0 Å². The zero-order valence-electron chi connectivity index (χ0n) is 10.4. The minimum Gasteiger partial charge on any atom is -0.398 e. The van der Waals surface area contributed by atoms with Crippen molar-refractivity contribution in [1.29, 1.82) is 0 Å². The molecule has 0 saturated carbocycles. The highest BCUT2D eigenvalue weighted by Crippen LogP contribution is 2.43. The van der Waals surface area contributed by atoms with Crippen molar-refractivity contribution in [3.8, 4) is 0 Å². The van der Waals surface area contributed by atoms with E-state index in [2.05, 4.69) is 0 Å². The lowest BCUT2D eigenvalue weighted by molar-refractivity contribution is 1.37. The van der Waals surface area contributed by atoms with Gasteiger partial charge in [0.1, 0.15) is 0 Å². The van der Waals surface area contributed by atoms with Crippen molar-refractivity contribution >= 4 is 33.0 Å². The van der Waals surface area contributed by atoms with E-state index in [0.717, 1.165) is 32.3 Å². The van der Waals surface area contributed by atoms with Gasteiger partial charge in [-0.3, -0.25) is 0 Å². The van der Waals surface area contributed by atoms with Gasteiger partial charge in [-0.2, -0.15) is 0 Å². The predicted molar refractivity (Wildman–Crippen MR) is 82.9 cm³/mol. The highest BCUT2D eigenvalue weighted by Gasteiger charge is 2.06. The Bertz CT molecular complexity index is 516.